The van der Waals surface area contributed by atoms with Crippen LogP contribution in [0.15, 0.2) is 42.6 Å². The Morgan fingerprint density at radius 3 is 2.38 bits per heavy atom. The van der Waals surface area contributed by atoms with Crippen molar-refractivity contribution in [1.29, 1.82) is 0 Å². The maximum atomic E-state index is 12.3. The summed E-state index contributed by atoms with van der Waals surface area (Å²) in [5.41, 5.74) is 9.31. The smallest absolute Gasteiger partial charge is 0.319 e. The van der Waals surface area contributed by atoms with Crippen molar-refractivity contribution in [2.24, 2.45) is 5.73 Å². The number of hydrogen-bond donors (Lipinski definition) is 1. The molecule has 1 aromatic carbocycles. The van der Waals surface area contributed by atoms with Gasteiger partial charge in [-0.3, -0.25) is 9.88 Å². The molecule has 1 saturated heterocycles. The first-order valence-corrected chi connectivity index (χ1v) is 12.0. The van der Waals surface area contributed by atoms with E-state index in [-0.39, 0.29) is 0 Å². The Labute approximate surface area is 190 Å². The fourth-order valence-electron chi connectivity index (χ4n) is 3.68. The van der Waals surface area contributed by atoms with Crippen LogP contribution in [-0.2, 0) is 23.2 Å². The number of aryl methyl sites for hydroxylation is 1. The van der Waals surface area contributed by atoms with Crippen LogP contribution >= 0.6 is 0 Å². The van der Waals surface area contributed by atoms with E-state index in [2.05, 4.69) is 22.0 Å². The minimum Gasteiger partial charge on any atom is -0.351 e. The molecule has 9 nitrogen and oxygen atoms in total. The third-order valence-electron chi connectivity index (χ3n) is 5.64. The molecule has 2 amide bonds. The van der Waals surface area contributed by atoms with Gasteiger partial charge in [0.2, 0.25) is 0 Å². The number of nitrogens with zero attached hydrogens (tertiary/aromatic N) is 5. The van der Waals surface area contributed by atoms with Crippen molar-refractivity contribution in [3.8, 4) is 0 Å². The first kappa shape index (κ1) is 24.1. The predicted molar refractivity (Wildman–Crippen MR) is 126 cm³/mol. The fraction of sp³-hybridized carbons (Fsp3) is 0.455. The van der Waals surface area contributed by atoms with E-state index in [1.54, 1.807) is 20.3 Å². The lowest BCUT2D eigenvalue weighted by Gasteiger charge is -2.35. The molecule has 1 aliphatic heterocycles. The summed E-state index contributed by atoms with van der Waals surface area (Å²) < 4.78 is 27.3. The minimum atomic E-state index is -3.35. The topological polar surface area (TPSA) is 103 Å². The van der Waals surface area contributed by atoms with Gasteiger partial charge in [-0.1, -0.05) is 24.3 Å². The van der Waals surface area contributed by atoms with Crippen LogP contribution < -0.4 is 10.6 Å². The molecule has 0 aliphatic carbocycles. The Bertz CT molecular complexity index is 1020. The van der Waals surface area contributed by atoms with Crippen LogP contribution in [0.3, 0.4) is 0 Å². The van der Waals surface area contributed by atoms with E-state index < -0.39 is 16.2 Å². The first-order valence-electron chi connectivity index (χ1n) is 10.6. The number of rotatable bonds is 8. The van der Waals surface area contributed by atoms with E-state index in [0.29, 0.717) is 38.4 Å². The molecule has 0 atom stereocenters. The molecule has 1 fully saturated rings. The molecule has 2 heterocycles. The number of urea groups is 1. The van der Waals surface area contributed by atoms with Crippen molar-refractivity contribution in [2.45, 2.75) is 19.9 Å². The van der Waals surface area contributed by atoms with E-state index in [1.807, 2.05) is 31.2 Å². The Hall–Kier alpha value is -2.53. The van der Waals surface area contributed by atoms with E-state index in [0.717, 1.165) is 29.8 Å². The number of primary amides is 1. The Kier molecular flexibility index (Phi) is 7.83. The number of hydrogen-bond acceptors (Lipinski definition) is 5. The van der Waals surface area contributed by atoms with Crippen molar-refractivity contribution in [2.75, 3.05) is 51.7 Å². The maximum absolute atomic E-state index is 12.3. The third-order valence-corrected chi connectivity index (χ3v) is 7.58. The molecular formula is C22H32N6O3S. The van der Waals surface area contributed by atoms with Gasteiger partial charge in [-0.2, -0.15) is 17.0 Å². The lowest BCUT2D eigenvalue weighted by atomic mass is 10.1. The summed E-state index contributed by atoms with van der Waals surface area (Å²) in [5, 5.41) is 0. The summed E-state index contributed by atoms with van der Waals surface area (Å²) in [6.07, 6.45) is 2.50. The number of carbonyl (C=O) groups is 1. The van der Waals surface area contributed by atoms with Crippen LogP contribution in [0.5, 0.6) is 0 Å². The molecule has 0 unspecified atom stereocenters. The lowest BCUT2D eigenvalue weighted by Crippen LogP contribution is -2.51. The number of pyridine rings is 1. The molecule has 2 aromatic rings. The van der Waals surface area contributed by atoms with Crippen molar-refractivity contribution in [1.82, 2.24) is 18.5 Å². The molecular weight excluding hydrogens is 428 g/mol. The lowest BCUT2D eigenvalue weighted by molar-refractivity contribution is 0.185. The number of aromatic nitrogens is 1. The van der Waals surface area contributed by atoms with E-state index in [4.69, 9.17) is 5.73 Å². The average molecular weight is 461 g/mol. The van der Waals surface area contributed by atoms with Gasteiger partial charge in [-0.05, 0) is 36.6 Å². The summed E-state index contributed by atoms with van der Waals surface area (Å²) in [4.78, 5) is 20.1. The zero-order chi connectivity index (χ0) is 23.3. The highest BCUT2D eigenvalue weighted by molar-refractivity contribution is 7.86. The summed E-state index contributed by atoms with van der Waals surface area (Å²) in [5.74, 6) is 0. The van der Waals surface area contributed by atoms with Crippen LogP contribution in [0.25, 0.3) is 0 Å². The largest absolute Gasteiger partial charge is 0.351 e. The van der Waals surface area contributed by atoms with E-state index >= 15 is 0 Å². The van der Waals surface area contributed by atoms with Gasteiger partial charge in [0.05, 0.1) is 18.4 Å². The number of piperazine rings is 1. The molecule has 3 rings (SSSR count). The zero-order valence-electron chi connectivity index (χ0n) is 18.9. The molecule has 0 spiro atoms. The van der Waals surface area contributed by atoms with E-state index in [1.165, 1.54) is 13.5 Å². The van der Waals surface area contributed by atoms with Crippen LogP contribution in [0.1, 0.15) is 16.8 Å². The Morgan fingerprint density at radius 1 is 1.09 bits per heavy atom. The molecule has 32 heavy (non-hydrogen) atoms. The molecule has 1 aromatic heterocycles. The third kappa shape index (κ3) is 6.04. The zero-order valence-corrected chi connectivity index (χ0v) is 19.8. The maximum Gasteiger partial charge on any atom is 0.319 e. The number of nitrogens with two attached hydrogens (primary N) is 1. The van der Waals surface area contributed by atoms with Crippen LogP contribution in [0, 0.1) is 6.92 Å². The number of amides is 2. The Balaban J connectivity index is 1.57. The summed E-state index contributed by atoms with van der Waals surface area (Å²) in [6.45, 7) is 5.53. The molecule has 174 valence electrons. The quantitative estimate of drug-likeness (QED) is 0.642. The highest BCUT2D eigenvalue weighted by Gasteiger charge is 2.28. The van der Waals surface area contributed by atoms with Crippen LogP contribution in [0.2, 0.25) is 0 Å². The number of carbonyl (C=O) groups excluding carboxylic acids is 1. The van der Waals surface area contributed by atoms with Gasteiger partial charge in [0.1, 0.15) is 0 Å². The number of anilines is 1. The van der Waals surface area contributed by atoms with E-state index in [9.17, 15) is 13.2 Å². The van der Waals surface area contributed by atoms with Gasteiger partial charge in [-0.15, -0.1) is 0 Å². The summed E-state index contributed by atoms with van der Waals surface area (Å²) in [7, 11) is -0.229. The minimum absolute atomic E-state index is 0.370. The van der Waals surface area contributed by atoms with Crippen molar-refractivity contribution < 1.29 is 13.2 Å². The molecule has 0 bridgehead atoms. The number of benzene rings is 1. The fourth-order valence-corrected chi connectivity index (χ4v) is 4.77. The predicted octanol–water partition coefficient (Wildman–Crippen LogP) is 1.44. The first-order chi connectivity index (χ1) is 15.2. The van der Waals surface area contributed by atoms with Crippen molar-refractivity contribution in [3.63, 3.8) is 0 Å². The monoisotopic (exact) mass is 460 g/mol. The van der Waals surface area contributed by atoms with Crippen LogP contribution in [-0.4, -0.2) is 79.8 Å². The van der Waals surface area contributed by atoms with Gasteiger partial charge in [0.25, 0.3) is 10.2 Å². The summed E-state index contributed by atoms with van der Waals surface area (Å²) in [6, 6.07) is 11.3. The van der Waals surface area contributed by atoms with Crippen LogP contribution in [0.4, 0.5) is 10.5 Å². The standard InChI is InChI=1S/C22H32N6O3S/c1-18-7-8-21(16-24-18)28(22(23)29)17-20-6-4-5-19(15-20)9-10-26-11-13-27(14-12-26)32(30,31)25(2)3/h4-8,15-16H,9-14,17H2,1-3H3,(H2,23,29). The van der Waals surface area contributed by atoms with Gasteiger partial charge in [0, 0.05) is 52.5 Å². The average Bonchev–Trinajstić information content (AvgIpc) is 2.77. The summed E-state index contributed by atoms with van der Waals surface area (Å²) >= 11 is 0. The molecule has 10 heteroatoms. The van der Waals surface area contributed by atoms with Crippen molar-refractivity contribution in [3.05, 3.63) is 59.4 Å². The van der Waals surface area contributed by atoms with Gasteiger partial charge < -0.3 is 10.6 Å². The SMILES string of the molecule is Cc1ccc(N(Cc2cccc(CCN3CCN(S(=O)(=O)N(C)C)CC3)c2)C(N)=O)cn1. The second-order valence-electron chi connectivity index (χ2n) is 8.18. The van der Waals surface area contributed by atoms with Gasteiger partial charge in [-0.25, -0.2) is 4.79 Å². The van der Waals surface area contributed by atoms with Gasteiger partial charge in [0.15, 0.2) is 0 Å². The normalized spacial score (nSPS) is 15.8. The molecule has 0 radical (unpaired) electrons. The highest BCUT2D eigenvalue weighted by Crippen LogP contribution is 2.18. The van der Waals surface area contributed by atoms with Crippen molar-refractivity contribution >= 4 is 21.9 Å². The molecule has 2 N–H and O–H groups in total. The second kappa shape index (κ2) is 10.4. The Morgan fingerprint density at radius 2 is 1.78 bits per heavy atom. The second-order valence-corrected chi connectivity index (χ2v) is 10.3. The highest BCUT2D eigenvalue weighted by atomic mass is 32.2. The van der Waals surface area contributed by atoms with Gasteiger partial charge >= 0.3 is 6.03 Å². The molecule has 0 saturated carbocycles. The molecule has 1 aliphatic rings.